The summed E-state index contributed by atoms with van der Waals surface area (Å²) in [6.45, 7) is 7.87. The van der Waals surface area contributed by atoms with Crippen LogP contribution in [0.2, 0.25) is 10.0 Å². The maximum Gasteiger partial charge on any atom is 0.165 e. The summed E-state index contributed by atoms with van der Waals surface area (Å²) in [6.07, 6.45) is 0. The fourth-order valence-electron chi connectivity index (χ4n) is 2.07. The third-order valence-corrected chi connectivity index (χ3v) is 3.74. The van der Waals surface area contributed by atoms with Gasteiger partial charge in [0.05, 0.1) is 12.6 Å². The van der Waals surface area contributed by atoms with Gasteiger partial charge in [-0.05, 0) is 47.5 Å². The second kappa shape index (κ2) is 7.20. The standard InChI is InChI=1S/C14H19Cl2N5/c1-9(2)7-17-8-14-18-19-20-21(14)10(3)12-5-4-11(15)6-13(12)16/h4-6,9-10,17H,7-8H2,1-3H3. The molecule has 5 nitrogen and oxygen atoms in total. The van der Waals surface area contributed by atoms with Crippen LogP contribution < -0.4 is 5.32 Å². The van der Waals surface area contributed by atoms with Crippen molar-refractivity contribution in [2.24, 2.45) is 5.92 Å². The van der Waals surface area contributed by atoms with E-state index in [9.17, 15) is 0 Å². The number of benzene rings is 1. The zero-order valence-electron chi connectivity index (χ0n) is 12.3. The predicted molar refractivity (Wildman–Crippen MR) is 84.6 cm³/mol. The van der Waals surface area contributed by atoms with Crippen molar-refractivity contribution in [1.29, 1.82) is 0 Å². The first-order valence-corrected chi connectivity index (χ1v) is 7.67. The first-order valence-electron chi connectivity index (χ1n) is 6.91. The van der Waals surface area contributed by atoms with Crippen molar-refractivity contribution in [3.05, 3.63) is 39.6 Å². The predicted octanol–water partition coefficient (Wildman–Crippen LogP) is 3.33. The molecule has 1 heterocycles. The minimum atomic E-state index is -0.0550. The molecule has 0 aliphatic carbocycles. The van der Waals surface area contributed by atoms with Crippen molar-refractivity contribution in [3.8, 4) is 0 Å². The maximum absolute atomic E-state index is 6.26. The van der Waals surface area contributed by atoms with Crippen LogP contribution in [0.25, 0.3) is 0 Å². The Morgan fingerprint density at radius 2 is 2.00 bits per heavy atom. The Morgan fingerprint density at radius 3 is 2.67 bits per heavy atom. The highest BCUT2D eigenvalue weighted by atomic mass is 35.5. The van der Waals surface area contributed by atoms with Gasteiger partial charge in [0.15, 0.2) is 5.82 Å². The van der Waals surface area contributed by atoms with Gasteiger partial charge in [-0.15, -0.1) is 5.10 Å². The Labute approximate surface area is 134 Å². The van der Waals surface area contributed by atoms with E-state index in [2.05, 4.69) is 34.7 Å². The molecule has 1 aromatic heterocycles. The van der Waals surface area contributed by atoms with Gasteiger partial charge in [-0.25, -0.2) is 4.68 Å². The zero-order valence-corrected chi connectivity index (χ0v) is 13.9. The third-order valence-electron chi connectivity index (χ3n) is 3.18. The highest BCUT2D eigenvalue weighted by Gasteiger charge is 2.17. The topological polar surface area (TPSA) is 55.6 Å². The number of hydrogen-bond acceptors (Lipinski definition) is 4. The summed E-state index contributed by atoms with van der Waals surface area (Å²) in [7, 11) is 0. The largest absolute Gasteiger partial charge is 0.310 e. The molecule has 1 unspecified atom stereocenters. The maximum atomic E-state index is 6.26. The van der Waals surface area contributed by atoms with Crippen LogP contribution in [0.3, 0.4) is 0 Å². The summed E-state index contributed by atoms with van der Waals surface area (Å²) < 4.78 is 1.78. The van der Waals surface area contributed by atoms with E-state index in [4.69, 9.17) is 23.2 Å². The van der Waals surface area contributed by atoms with E-state index in [1.165, 1.54) is 0 Å². The number of hydrogen-bond donors (Lipinski definition) is 1. The second-order valence-corrected chi connectivity index (χ2v) is 6.25. The van der Waals surface area contributed by atoms with Crippen LogP contribution >= 0.6 is 23.2 Å². The number of halogens is 2. The van der Waals surface area contributed by atoms with E-state index in [1.54, 1.807) is 10.7 Å². The Bertz CT molecular complexity index is 597. The van der Waals surface area contributed by atoms with Crippen molar-refractivity contribution >= 4 is 23.2 Å². The molecule has 0 amide bonds. The lowest BCUT2D eigenvalue weighted by Crippen LogP contribution is -2.23. The van der Waals surface area contributed by atoms with Crippen LogP contribution in [-0.2, 0) is 6.54 Å². The lowest BCUT2D eigenvalue weighted by Gasteiger charge is -2.16. The highest BCUT2D eigenvalue weighted by molar-refractivity contribution is 6.35. The molecule has 0 fully saturated rings. The van der Waals surface area contributed by atoms with E-state index in [1.807, 2.05) is 19.1 Å². The lowest BCUT2D eigenvalue weighted by atomic mass is 10.1. The Balaban J connectivity index is 2.16. The Hall–Kier alpha value is -1.17. The molecule has 7 heteroatoms. The van der Waals surface area contributed by atoms with Crippen molar-refractivity contribution < 1.29 is 0 Å². The molecule has 1 N–H and O–H groups in total. The number of aromatic nitrogens is 4. The Morgan fingerprint density at radius 1 is 1.24 bits per heavy atom. The molecule has 0 aliphatic rings. The van der Waals surface area contributed by atoms with Crippen LogP contribution in [-0.4, -0.2) is 26.8 Å². The average molecular weight is 328 g/mol. The fourth-order valence-corrected chi connectivity index (χ4v) is 2.64. The average Bonchev–Trinajstić information content (AvgIpc) is 2.86. The number of nitrogens with one attached hydrogen (secondary N) is 1. The number of rotatable bonds is 6. The first kappa shape index (κ1) is 16.2. The summed E-state index contributed by atoms with van der Waals surface area (Å²) >= 11 is 12.2. The van der Waals surface area contributed by atoms with Crippen LogP contribution in [0.5, 0.6) is 0 Å². The van der Waals surface area contributed by atoms with Crippen LogP contribution in [0.4, 0.5) is 0 Å². The minimum absolute atomic E-state index is 0.0550. The third kappa shape index (κ3) is 4.15. The highest BCUT2D eigenvalue weighted by Crippen LogP contribution is 2.28. The van der Waals surface area contributed by atoms with Gasteiger partial charge in [0.25, 0.3) is 0 Å². The molecule has 21 heavy (non-hydrogen) atoms. The molecule has 2 rings (SSSR count). The van der Waals surface area contributed by atoms with Gasteiger partial charge in [0.1, 0.15) is 0 Å². The molecule has 0 saturated heterocycles. The minimum Gasteiger partial charge on any atom is -0.310 e. The molecule has 2 aromatic rings. The van der Waals surface area contributed by atoms with Gasteiger partial charge in [0.2, 0.25) is 0 Å². The Kier molecular flexibility index (Phi) is 5.56. The molecule has 1 atom stereocenters. The van der Waals surface area contributed by atoms with Crippen molar-refractivity contribution in [2.45, 2.75) is 33.4 Å². The SMILES string of the molecule is CC(C)CNCc1nnnn1C(C)c1ccc(Cl)cc1Cl. The van der Waals surface area contributed by atoms with Gasteiger partial charge >= 0.3 is 0 Å². The summed E-state index contributed by atoms with van der Waals surface area (Å²) in [5.74, 6) is 1.37. The van der Waals surface area contributed by atoms with Crippen LogP contribution in [0.15, 0.2) is 18.2 Å². The fraction of sp³-hybridized carbons (Fsp3) is 0.500. The molecule has 0 spiro atoms. The van der Waals surface area contributed by atoms with Crippen LogP contribution in [0.1, 0.15) is 38.2 Å². The van der Waals surface area contributed by atoms with E-state index in [0.717, 1.165) is 17.9 Å². The van der Waals surface area contributed by atoms with E-state index in [0.29, 0.717) is 22.5 Å². The van der Waals surface area contributed by atoms with E-state index < -0.39 is 0 Å². The van der Waals surface area contributed by atoms with Crippen molar-refractivity contribution in [1.82, 2.24) is 25.5 Å². The molecule has 0 saturated carbocycles. The normalized spacial score (nSPS) is 12.9. The number of tetrazole rings is 1. The molecular formula is C14H19Cl2N5. The molecule has 0 bridgehead atoms. The van der Waals surface area contributed by atoms with Gasteiger partial charge < -0.3 is 5.32 Å². The van der Waals surface area contributed by atoms with Crippen molar-refractivity contribution in [3.63, 3.8) is 0 Å². The quantitative estimate of drug-likeness (QED) is 0.884. The van der Waals surface area contributed by atoms with Gasteiger partial charge in [0, 0.05) is 10.0 Å². The van der Waals surface area contributed by atoms with E-state index >= 15 is 0 Å². The van der Waals surface area contributed by atoms with Gasteiger partial charge in [-0.3, -0.25) is 0 Å². The van der Waals surface area contributed by atoms with Gasteiger partial charge in [-0.2, -0.15) is 0 Å². The zero-order chi connectivity index (χ0) is 15.4. The molecule has 0 radical (unpaired) electrons. The monoisotopic (exact) mass is 327 g/mol. The van der Waals surface area contributed by atoms with Crippen LogP contribution in [0, 0.1) is 5.92 Å². The summed E-state index contributed by atoms with van der Waals surface area (Å²) in [5.41, 5.74) is 0.943. The molecule has 114 valence electrons. The summed E-state index contributed by atoms with van der Waals surface area (Å²) in [6, 6.07) is 5.40. The van der Waals surface area contributed by atoms with Crippen molar-refractivity contribution in [2.75, 3.05) is 6.54 Å². The summed E-state index contributed by atoms with van der Waals surface area (Å²) in [4.78, 5) is 0. The first-order chi connectivity index (χ1) is 9.99. The second-order valence-electron chi connectivity index (χ2n) is 5.41. The number of nitrogens with zero attached hydrogens (tertiary/aromatic N) is 4. The smallest absolute Gasteiger partial charge is 0.165 e. The summed E-state index contributed by atoms with van der Waals surface area (Å²) in [5, 5.41) is 16.5. The lowest BCUT2D eigenvalue weighted by molar-refractivity contribution is 0.488. The van der Waals surface area contributed by atoms with Gasteiger partial charge in [-0.1, -0.05) is 43.1 Å². The molecular weight excluding hydrogens is 309 g/mol. The molecule has 1 aromatic carbocycles. The molecule has 0 aliphatic heterocycles. The van der Waals surface area contributed by atoms with E-state index in [-0.39, 0.29) is 6.04 Å².